The summed E-state index contributed by atoms with van der Waals surface area (Å²) in [4.78, 5) is 28.6. The van der Waals surface area contributed by atoms with Crippen LogP contribution in [0.3, 0.4) is 0 Å². The lowest BCUT2D eigenvalue weighted by Crippen LogP contribution is -2.52. The van der Waals surface area contributed by atoms with E-state index in [1.165, 1.54) is 43.4 Å². The van der Waals surface area contributed by atoms with Crippen LogP contribution in [-0.4, -0.2) is 58.5 Å². The summed E-state index contributed by atoms with van der Waals surface area (Å²) in [6, 6.07) is 14.9. The third-order valence-corrected chi connectivity index (χ3v) is 9.01. The number of hydrogen-bond acceptors (Lipinski definition) is 6. The Hall–Kier alpha value is -3.47. The van der Waals surface area contributed by atoms with E-state index < -0.39 is 28.5 Å². The molecule has 9 nitrogen and oxygen atoms in total. The summed E-state index contributed by atoms with van der Waals surface area (Å²) in [5, 5.41) is 3.50. The average molecular weight is 637 g/mol. The summed E-state index contributed by atoms with van der Waals surface area (Å²) >= 11 is 12.5. The van der Waals surface area contributed by atoms with Crippen molar-refractivity contribution in [3.8, 4) is 11.5 Å². The maximum atomic E-state index is 14.1. The zero-order valence-corrected chi connectivity index (χ0v) is 26.5. The van der Waals surface area contributed by atoms with E-state index in [4.69, 9.17) is 32.7 Å². The molecule has 226 valence electrons. The fourth-order valence-electron chi connectivity index (χ4n) is 4.39. The van der Waals surface area contributed by atoms with Crippen LogP contribution in [0.25, 0.3) is 0 Å². The Morgan fingerprint density at radius 1 is 0.929 bits per heavy atom. The van der Waals surface area contributed by atoms with Gasteiger partial charge in [-0.15, -0.1) is 0 Å². The van der Waals surface area contributed by atoms with Gasteiger partial charge in [0.05, 0.1) is 24.8 Å². The van der Waals surface area contributed by atoms with Crippen LogP contribution in [0.2, 0.25) is 10.0 Å². The van der Waals surface area contributed by atoms with Gasteiger partial charge in [-0.05, 0) is 62.2 Å². The summed E-state index contributed by atoms with van der Waals surface area (Å²) in [5.74, 6) is -0.297. The highest BCUT2D eigenvalue weighted by Crippen LogP contribution is 2.34. The predicted molar refractivity (Wildman–Crippen MR) is 165 cm³/mol. The number of nitrogens with zero attached hydrogens (tertiary/aromatic N) is 2. The largest absolute Gasteiger partial charge is 0.493 e. The van der Waals surface area contributed by atoms with Gasteiger partial charge in [-0.25, -0.2) is 8.42 Å². The molecule has 0 unspecified atom stereocenters. The summed E-state index contributed by atoms with van der Waals surface area (Å²) in [6.07, 6.45) is 0.282. The molecule has 3 rings (SSSR count). The minimum atomic E-state index is -4.25. The van der Waals surface area contributed by atoms with E-state index in [1.54, 1.807) is 50.2 Å². The monoisotopic (exact) mass is 635 g/mol. The number of carbonyl (C=O) groups is 2. The van der Waals surface area contributed by atoms with Gasteiger partial charge in [0.1, 0.15) is 12.6 Å². The van der Waals surface area contributed by atoms with Gasteiger partial charge in [0.15, 0.2) is 11.5 Å². The molecule has 0 saturated heterocycles. The number of sulfonamides is 1. The molecule has 0 fully saturated rings. The van der Waals surface area contributed by atoms with Crippen LogP contribution >= 0.6 is 23.2 Å². The fourth-order valence-corrected chi connectivity index (χ4v) is 6.27. The minimum absolute atomic E-state index is 0.00116. The third-order valence-electron chi connectivity index (χ3n) is 6.64. The van der Waals surface area contributed by atoms with Gasteiger partial charge in [-0.3, -0.25) is 13.9 Å². The van der Waals surface area contributed by atoms with Crippen molar-refractivity contribution in [3.05, 3.63) is 81.8 Å². The highest BCUT2D eigenvalue weighted by Gasteiger charge is 2.34. The molecule has 0 heterocycles. The highest BCUT2D eigenvalue weighted by molar-refractivity contribution is 7.92. The van der Waals surface area contributed by atoms with Crippen molar-refractivity contribution in [2.24, 2.45) is 0 Å². The van der Waals surface area contributed by atoms with Crippen molar-refractivity contribution < 1.29 is 27.5 Å². The second-order valence-electron chi connectivity index (χ2n) is 9.44. The number of halogens is 2. The average Bonchev–Trinajstić information content (AvgIpc) is 2.96. The summed E-state index contributed by atoms with van der Waals surface area (Å²) in [7, 11) is -1.35. The molecular formula is C30H35Cl2N3O6S. The molecule has 1 N–H and O–H groups in total. The van der Waals surface area contributed by atoms with Crippen LogP contribution in [-0.2, 0) is 26.2 Å². The molecule has 0 spiro atoms. The molecule has 0 saturated carbocycles. The Bertz CT molecular complexity index is 1520. The van der Waals surface area contributed by atoms with E-state index in [2.05, 4.69) is 5.32 Å². The van der Waals surface area contributed by atoms with Crippen molar-refractivity contribution in [1.29, 1.82) is 0 Å². The smallest absolute Gasteiger partial charge is 0.264 e. The standard InChI is InChI=1S/C30H35Cl2N3O6S/c1-6-26(30(37)33-7-2)34(18-21-10-11-22(31)16-25(21)32)29(36)19-35(23-12-15-27(40-4)28(17-23)41-5)42(38,39)24-13-8-20(3)9-14-24/h8-17,26H,6-7,18-19H2,1-5H3,(H,33,37)/t26-/m0/s1. The van der Waals surface area contributed by atoms with Crippen molar-refractivity contribution in [1.82, 2.24) is 10.2 Å². The first-order valence-corrected chi connectivity index (χ1v) is 15.5. The molecule has 2 amide bonds. The van der Waals surface area contributed by atoms with Crippen LogP contribution in [0.4, 0.5) is 5.69 Å². The third kappa shape index (κ3) is 7.67. The van der Waals surface area contributed by atoms with E-state index in [0.717, 1.165) is 9.87 Å². The van der Waals surface area contributed by atoms with Crippen LogP contribution in [0.1, 0.15) is 31.4 Å². The number of hydrogen-bond donors (Lipinski definition) is 1. The molecule has 0 aliphatic rings. The summed E-state index contributed by atoms with van der Waals surface area (Å²) in [6.45, 7) is 5.11. The number of nitrogens with one attached hydrogen (secondary N) is 1. The topological polar surface area (TPSA) is 105 Å². The molecule has 0 aromatic heterocycles. The highest BCUT2D eigenvalue weighted by atomic mass is 35.5. The Kier molecular flexibility index (Phi) is 11.5. The van der Waals surface area contributed by atoms with Gasteiger partial charge in [0.25, 0.3) is 10.0 Å². The number of ether oxygens (including phenoxy) is 2. The van der Waals surface area contributed by atoms with Gasteiger partial charge in [-0.1, -0.05) is 53.9 Å². The zero-order valence-electron chi connectivity index (χ0n) is 24.2. The number of rotatable bonds is 13. The maximum absolute atomic E-state index is 14.1. The van der Waals surface area contributed by atoms with E-state index >= 15 is 0 Å². The summed E-state index contributed by atoms with van der Waals surface area (Å²) < 4.78 is 39.8. The van der Waals surface area contributed by atoms with Crippen molar-refractivity contribution in [3.63, 3.8) is 0 Å². The molecule has 3 aromatic rings. The number of likely N-dealkylation sites (N-methyl/N-ethyl adjacent to an activating group) is 1. The summed E-state index contributed by atoms with van der Waals surface area (Å²) in [5.41, 5.74) is 1.61. The first-order chi connectivity index (χ1) is 20.0. The van der Waals surface area contributed by atoms with Crippen LogP contribution < -0.4 is 19.1 Å². The van der Waals surface area contributed by atoms with Crippen molar-refractivity contribution >= 4 is 50.7 Å². The van der Waals surface area contributed by atoms with Crippen LogP contribution in [0.15, 0.2) is 65.6 Å². The second kappa shape index (κ2) is 14.6. The van der Waals surface area contributed by atoms with E-state index in [0.29, 0.717) is 27.9 Å². The number of amides is 2. The van der Waals surface area contributed by atoms with E-state index in [1.807, 2.05) is 6.92 Å². The first-order valence-electron chi connectivity index (χ1n) is 13.3. The number of benzene rings is 3. The second-order valence-corrected chi connectivity index (χ2v) is 12.1. The molecule has 3 aromatic carbocycles. The van der Waals surface area contributed by atoms with Gasteiger partial charge in [0, 0.05) is 29.2 Å². The Morgan fingerprint density at radius 3 is 2.17 bits per heavy atom. The molecule has 0 bridgehead atoms. The Balaban J connectivity index is 2.14. The number of carbonyl (C=O) groups excluding carboxylic acids is 2. The molecular weight excluding hydrogens is 601 g/mol. The van der Waals surface area contributed by atoms with E-state index in [-0.39, 0.29) is 35.2 Å². The molecule has 0 aliphatic heterocycles. The Labute approximate surface area is 257 Å². The van der Waals surface area contributed by atoms with Gasteiger partial charge in [0.2, 0.25) is 11.8 Å². The molecule has 0 aliphatic carbocycles. The SMILES string of the molecule is CCNC(=O)[C@H](CC)N(Cc1ccc(Cl)cc1Cl)C(=O)CN(c1ccc(OC)c(OC)c1)S(=O)(=O)c1ccc(C)cc1. The Morgan fingerprint density at radius 2 is 1.60 bits per heavy atom. The van der Waals surface area contributed by atoms with Gasteiger partial charge < -0.3 is 19.7 Å². The van der Waals surface area contributed by atoms with Crippen molar-refractivity contribution in [2.75, 3.05) is 31.6 Å². The predicted octanol–water partition coefficient (Wildman–Crippen LogP) is 5.46. The van der Waals surface area contributed by atoms with Crippen molar-refractivity contribution in [2.45, 2.75) is 44.7 Å². The normalized spacial score (nSPS) is 11.9. The lowest BCUT2D eigenvalue weighted by molar-refractivity contribution is -0.140. The lowest BCUT2D eigenvalue weighted by Gasteiger charge is -2.33. The molecule has 0 radical (unpaired) electrons. The maximum Gasteiger partial charge on any atom is 0.264 e. The van der Waals surface area contributed by atoms with Crippen LogP contribution in [0.5, 0.6) is 11.5 Å². The molecule has 1 atom stereocenters. The lowest BCUT2D eigenvalue weighted by atomic mass is 10.1. The first kappa shape index (κ1) is 33.0. The van der Waals surface area contributed by atoms with E-state index in [9.17, 15) is 18.0 Å². The zero-order chi connectivity index (χ0) is 31.0. The fraction of sp³-hybridized carbons (Fsp3) is 0.333. The van der Waals surface area contributed by atoms with Crippen LogP contribution in [0, 0.1) is 6.92 Å². The quantitative estimate of drug-likeness (QED) is 0.267. The molecule has 12 heteroatoms. The van der Waals surface area contributed by atoms with Gasteiger partial charge in [-0.2, -0.15) is 0 Å². The number of methoxy groups -OCH3 is 2. The van der Waals surface area contributed by atoms with Gasteiger partial charge >= 0.3 is 0 Å². The molecule has 42 heavy (non-hydrogen) atoms. The number of aryl methyl sites for hydroxylation is 1. The number of anilines is 1. The minimum Gasteiger partial charge on any atom is -0.493 e.